The first-order valence-corrected chi connectivity index (χ1v) is 15.4. The fraction of sp³-hybridized carbons (Fsp3) is 0.281. The number of piperidine rings is 1. The van der Waals surface area contributed by atoms with Crippen LogP contribution in [0.2, 0.25) is 0 Å². The molecule has 0 N–H and O–H groups in total. The molecule has 8 heteroatoms. The third kappa shape index (κ3) is 5.75. The van der Waals surface area contributed by atoms with Gasteiger partial charge in [-0.15, -0.1) is 11.3 Å². The van der Waals surface area contributed by atoms with Crippen molar-refractivity contribution in [2.75, 3.05) is 39.3 Å². The van der Waals surface area contributed by atoms with Crippen LogP contribution in [-0.2, 0) is 0 Å². The minimum atomic E-state index is 0.0540. The molecule has 0 saturated carbocycles. The van der Waals surface area contributed by atoms with Crippen LogP contribution in [0.15, 0.2) is 88.7 Å². The van der Waals surface area contributed by atoms with Crippen molar-refractivity contribution in [3.63, 3.8) is 0 Å². The van der Waals surface area contributed by atoms with Crippen LogP contribution < -0.4 is 0 Å². The van der Waals surface area contributed by atoms with Gasteiger partial charge in [0, 0.05) is 66.5 Å². The van der Waals surface area contributed by atoms with Gasteiger partial charge in [-0.05, 0) is 52.4 Å². The molecule has 204 valence electrons. The fourth-order valence-electron chi connectivity index (χ4n) is 5.66. The van der Waals surface area contributed by atoms with Gasteiger partial charge >= 0.3 is 0 Å². The van der Waals surface area contributed by atoms with Crippen molar-refractivity contribution in [1.82, 2.24) is 19.7 Å². The van der Waals surface area contributed by atoms with Crippen LogP contribution in [0.1, 0.15) is 32.9 Å². The second kappa shape index (κ2) is 12.0. The summed E-state index contributed by atoms with van der Waals surface area (Å²) in [7, 11) is 0. The topological polar surface area (TPSA) is 56.8 Å². The van der Waals surface area contributed by atoms with Crippen molar-refractivity contribution < 1.29 is 9.59 Å². The van der Waals surface area contributed by atoms with Crippen LogP contribution in [-0.4, -0.2) is 76.8 Å². The van der Waals surface area contributed by atoms with Crippen LogP contribution in [0.4, 0.5) is 0 Å². The number of halogens is 1. The van der Waals surface area contributed by atoms with E-state index in [9.17, 15) is 9.59 Å². The van der Waals surface area contributed by atoms with Crippen LogP contribution in [0.5, 0.6) is 0 Å². The summed E-state index contributed by atoms with van der Waals surface area (Å²) in [4.78, 5) is 38.8. The zero-order valence-electron chi connectivity index (χ0n) is 22.2. The number of rotatable bonds is 5. The Morgan fingerprint density at radius 1 is 0.725 bits per heavy atom. The quantitative estimate of drug-likeness (QED) is 0.265. The van der Waals surface area contributed by atoms with Gasteiger partial charge in [0.1, 0.15) is 4.88 Å². The number of piperazine rings is 1. The first-order valence-electron chi connectivity index (χ1n) is 13.8. The maximum Gasteiger partial charge on any atom is 0.265 e. The highest BCUT2D eigenvalue weighted by molar-refractivity contribution is 9.10. The molecule has 6 nitrogen and oxygen atoms in total. The average molecular weight is 616 g/mol. The minimum absolute atomic E-state index is 0.0540. The summed E-state index contributed by atoms with van der Waals surface area (Å²) in [6, 6.07) is 26.3. The Morgan fingerprint density at radius 2 is 1.27 bits per heavy atom. The first kappa shape index (κ1) is 26.9. The van der Waals surface area contributed by atoms with E-state index in [1.165, 1.54) is 11.3 Å². The first-order chi connectivity index (χ1) is 19.6. The Morgan fingerprint density at radius 3 is 1.80 bits per heavy atom. The van der Waals surface area contributed by atoms with E-state index in [-0.39, 0.29) is 11.8 Å². The zero-order valence-corrected chi connectivity index (χ0v) is 24.6. The van der Waals surface area contributed by atoms with Gasteiger partial charge in [-0.1, -0.05) is 60.7 Å². The highest BCUT2D eigenvalue weighted by atomic mass is 79.9. The van der Waals surface area contributed by atoms with Crippen molar-refractivity contribution in [1.29, 1.82) is 0 Å². The largest absolute Gasteiger partial charge is 0.338 e. The summed E-state index contributed by atoms with van der Waals surface area (Å²) in [6.07, 6.45) is 1.93. The number of likely N-dealkylation sites (tertiary alicyclic amines) is 1. The fourth-order valence-corrected chi connectivity index (χ4v) is 7.17. The van der Waals surface area contributed by atoms with Gasteiger partial charge < -0.3 is 9.80 Å². The highest BCUT2D eigenvalue weighted by Crippen LogP contribution is 2.28. The molecule has 2 amide bonds. The third-order valence-corrected chi connectivity index (χ3v) is 9.72. The smallest absolute Gasteiger partial charge is 0.265 e. The predicted octanol–water partition coefficient (Wildman–Crippen LogP) is 6.30. The van der Waals surface area contributed by atoms with E-state index in [0.717, 1.165) is 70.9 Å². The monoisotopic (exact) mass is 614 g/mol. The number of aromatic nitrogens is 1. The summed E-state index contributed by atoms with van der Waals surface area (Å²) in [6.45, 7) is 4.64. The van der Waals surface area contributed by atoms with Crippen molar-refractivity contribution in [3.05, 3.63) is 99.2 Å². The Hall–Kier alpha value is -3.33. The van der Waals surface area contributed by atoms with Gasteiger partial charge in [-0.3, -0.25) is 14.5 Å². The van der Waals surface area contributed by atoms with Crippen LogP contribution in [0.3, 0.4) is 0 Å². The van der Waals surface area contributed by atoms with E-state index in [2.05, 4.69) is 20.8 Å². The van der Waals surface area contributed by atoms with Gasteiger partial charge in [0.15, 0.2) is 0 Å². The second-order valence-electron chi connectivity index (χ2n) is 10.3. The van der Waals surface area contributed by atoms with Gasteiger partial charge in [-0.25, -0.2) is 4.98 Å². The lowest BCUT2D eigenvalue weighted by atomic mass is 10.0. The summed E-state index contributed by atoms with van der Waals surface area (Å²) in [5.41, 5.74) is 4.28. The maximum atomic E-state index is 13.7. The standard InChI is InChI=1S/C32H31BrN4O2S/c33-27-13-20-40-30(27)32(39)36-14-11-26(12-15-36)35-16-18-37(19-17-35)31(38)25-21-28(23-7-3-1-4-8-23)34-29(22-25)24-9-5-2-6-10-24/h1-10,13,20-22,26H,11-12,14-19H2. The molecule has 2 aromatic heterocycles. The summed E-state index contributed by atoms with van der Waals surface area (Å²) in [5.74, 6) is 0.177. The Bertz CT molecular complexity index is 1420. The van der Waals surface area contributed by atoms with Gasteiger partial charge in [0.05, 0.1) is 11.4 Å². The molecule has 2 fully saturated rings. The molecule has 2 aliphatic heterocycles. The molecule has 6 rings (SSSR count). The molecular weight excluding hydrogens is 584 g/mol. The lowest BCUT2D eigenvalue weighted by molar-refractivity contribution is 0.0413. The average Bonchev–Trinajstić information content (AvgIpc) is 3.46. The summed E-state index contributed by atoms with van der Waals surface area (Å²) < 4.78 is 0.881. The van der Waals surface area contributed by atoms with E-state index >= 15 is 0 Å². The number of pyridine rings is 1. The lowest BCUT2D eigenvalue weighted by Gasteiger charge is -2.42. The van der Waals surface area contributed by atoms with Gasteiger partial charge in [-0.2, -0.15) is 0 Å². The Balaban J connectivity index is 1.11. The molecule has 0 radical (unpaired) electrons. The molecule has 0 spiro atoms. The molecule has 2 aromatic carbocycles. The summed E-state index contributed by atoms with van der Waals surface area (Å²) in [5, 5.41) is 1.95. The van der Waals surface area contributed by atoms with Crippen molar-refractivity contribution in [3.8, 4) is 22.5 Å². The predicted molar refractivity (Wildman–Crippen MR) is 164 cm³/mol. The van der Waals surface area contributed by atoms with Crippen molar-refractivity contribution >= 4 is 39.1 Å². The van der Waals surface area contributed by atoms with Gasteiger partial charge in [0.2, 0.25) is 0 Å². The molecule has 0 bridgehead atoms. The van der Waals surface area contributed by atoms with Crippen molar-refractivity contribution in [2.24, 2.45) is 0 Å². The second-order valence-corrected chi connectivity index (χ2v) is 12.1. The van der Waals surface area contributed by atoms with Crippen molar-refractivity contribution in [2.45, 2.75) is 18.9 Å². The highest BCUT2D eigenvalue weighted by Gasteiger charge is 2.31. The molecule has 0 aliphatic carbocycles. The SMILES string of the molecule is O=C(c1cc(-c2ccccc2)nc(-c2ccccc2)c1)N1CCN(C2CCN(C(=O)c3sccc3Br)CC2)CC1. The number of benzene rings is 2. The minimum Gasteiger partial charge on any atom is -0.338 e. The van der Waals surface area contributed by atoms with Crippen LogP contribution >= 0.6 is 27.3 Å². The molecule has 2 saturated heterocycles. The molecule has 0 unspecified atom stereocenters. The number of hydrogen-bond acceptors (Lipinski definition) is 5. The zero-order chi connectivity index (χ0) is 27.5. The Labute approximate surface area is 247 Å². The van der Waals surface area contributed by atoms with Crippen LogP contribution in [0.25, 0.3) is 22.5 Å². The van der Waals surface area contributed by atoms with E-state index in [4.69, 9.17) is 4.98 Å². The third-order valence-electron chi connectivity index (χ3n) is 7.89. The lowest BCUT2D eigenvalue weighted by Crippen LogP contribution is -2.54. The Kier molecular flexibility index (Phi) is 8.09. The van der Waals surface area contributed by atoms with E-state index in [0.29, 0.717) is 24.7 Å². The maximum absolute atomic E-state index is 13.7. The van der Waals surface area contributed by atoms with Crippen LogP contribution in [0, 0.1) is 0 Å². The molecule has 4 aromatic rings. The summed E-state index contributed by atoms with van der Waals surface area (Å²) >= 11 is 4.98. The normalized spacial score (nSPS) is 16.7. The van der Waals surface area contributed by atoms with E-state index in [1.807, 2.05) is 94.0 Å². The molecule has 0 atom stereocenters. The number of hydrogen-bond donors (Lipinski definition) is 0. The number of carbonyl (C=O) groups excluding carboxylic acids is 2. The molecule has 40 heavy (non-hydrogen) atoms. The number of thiophene rings is 1. The molecule has 2 aliphatic rings. The number of amides is 2. The van der Waals surface area contributed by atoms with Gasteiger partial charge in [0.25, 0.3) is 11.8 Å². The van der Waals surface area contributed by atoms with E-state index in [1.54, 1.807) is 0 Å². The molecule has 4 heterocycles. The molecular formula is C32H31BrN4O2S. The van der Waals surface area contributed by atoms with E-state index < -0.39 is 0 Å². The number of carbonyl (C=O) groups is 2. The number of nitrogens with zero attached hydrogens (tertiary/aromatic N) is 4.